The number of carbonyl (C=O) groups excluding carboxylic acids is 1. The fraction of sp³-hybridized carbons (Fsp3) is 0.450. The third-order valence-electron chi connectivity index (χ3n) is 4.95. The number of nitrogens with zero attached hydrogens (tertiary/aromatic N) is 3. The molecule has 1 atom stereocenters. The summed E-state index contributed by atoms with van der Waals surface area (Å²) in [7, 11) is 1.96. The van der Waals surface area contributed by atoms with E-state index in [4.69, 9.17) is 0 Å². The number of hydrogen-bond acceptors (Lipinski definition) is 4. The van der Waals surface area contributed by atoms with Crippen molar-refractivity contribution in [2.75, 3.05) is 0 Å². The number of nitrogens with one attached hydrogen (secondary N) is 1. The van der Waals surface area contributed by atoms with Crippen LogP contribution in [0.2, 0.25) is 0 Å². The Kier molecular flexibility index (Phi) is 5.67. The fourth-order valence-corrected chi connectivity index (χ4v) is 4.20. The van der Waals surface area contributed by atoms with E-state index in [9.17, 15) is 10.1 Å². The topological polar surface area (TPSA) is 70.7 Å². The summed E-state index contributed by atoms with van der Waals surface area (Å²) in [6.45, 7) is 1.87. The van der Waals surface area contributed by atoms with Gasteiger partial charge in [0.05, 0.1) is 23.2 Å². The van der Waals surface area contributed by atoms with Gasteiger partial charge in [0.25, 0.3) is 0 Å². The Morgan fingerprint density at radius 2 is 2.00 bits per heavy atom. The van der Waals surface area contributed by atoms with Gasteiger partial charge in [-0.15, -0.1) is 0 Å². The summed E-state index contributed by atoms with van der Waals surface area (Å²) in [4.78, 5) is 17.1. The predicted molar refractivity (Wildman–Crippen MR) is 104 cm³/mol. The molecule has 1 N–H and O–H groups in total. The molecule has 0 bridgehead atoms. The lowest BCUT2D eigenvalue weighted by molar-refractivity contribution is -0.121. The van der Waals surface area contributed by atoms with Gasteiger partial charge in [-0.1, -0.05) is 61.4 Å². The third kappa shape index (κ3) is 3.94. The van der Waals surface area contributed by atoms with Crippen molar-refractivity contribution in [3.05, 3.63) is 36.5 Å². The second-order valence-electron chi connectivity index (χ2n) is 6.85. The first-order chi connectivity index (χ1) is 12.5. The SMILES string of the molecule is C[C@@H](Sc1ncc(-c2ccccc2)n1C)C(=O)NC1(C#N)CCCCC1. The van der Waals surface area contributed by atoms with Gasteiger partial charge >= 0.3 is 0 Å². The summed E-state index contributed by atoms with van der Waals surface area (Å²) in [5.74, 6) is -0.0947. The zero-order chi connectivity index (χ0) is 18.6. The van der Waals surface area contributed by atoms with Crippen LogP contribution < -0.4 is 5.32 Å². The number of benzene rings is 1. The Hall–Kier alpha value is -2.26. The summed E-state index contributed by atoms with van der Waals surface area (Å²) in [6, 6.07) is 12.4. The van der Waals surface area contributed by atoms with Gasteiger partial charge in [0.15, 0.2) is 5.16 Å². The molecule has 1 fully saturated rings. The van der Waals surface area contributed by atoms with Gasteiger partial charge in [0, 0.05) is 7.05 Å². The van der Waals surface area contributed by atoms with E-state index >= 15 is 0 Å². The molecule has 6 heteroatoms. The lowest BCUT2D eigenvalue weighted by Crippen LogP contribution is -2.50. The summed E-state index contributed by atoms with van der Waals surface area (Å²) >= 11 is 1.42. The highest BCUT2D eigenvalue weighted by Gasteiger charge is 2.35. The molecular weight excluding hydrogens is 344 g/mol. The average Bonchev–Trinajstić information content (AvgIpc) is 3.03. The highest BCUT2D eigenvalue weighted by molar-refractivity contribution is 8.00. The molecule has 1 heterocycles. The van der Waals surface area contributed by atoms with E-state index in [0.717, 1.165) is 48.5 Å². The first-order valence-corrected chi connectivity index (χ1v) is 9.90. The molecule has 5 nitrogen and oxygen atoms in total. The van der Waals surface area contributed by atoms with Crippen molar-refractivity contribution < 1.29 is 4.79 Å². The van der Waals surface area contributed by atoms with Gasteiger partial charge in [-0.05, 0) is 25.3 Å². The average molecular weight is 369 g/mol. The summed E-state index contributed by atoms with van der Waals surface area (Å²) < 4.78 is 2.00. The Labute approximate surface area is 158 Å². The maximum Gasteiger partial charge on any atom is 0.234 e. The van der Waals surface area contributed by atoms with Gasteiger partial charge in [0.1, 0.15) is 5.54 Å². The minimum atomic E-state index is -0.693. The van der Waals surface area contributed by atoms with Crippen LogP contribution in [0.4, 0.5) is 0 Å². The monoisotopic (exact) mass is 368 g/mol. The molecule has 1 aromatic carbocycles. The lowest BCUT2D eigenvalue weighted by atomic mass is 9.83. The molecule has 1 aliphatic rings. The van der Waals surface area contributed by atoms with Crippen LogP contribution >= 0.6 is 11.8 Å². The first-order valence-electron chi connectivity index (χ1n) is 9.02. The number of nitriles is 1. The van der Waals surface area contributed by atoms with Crippen LogP contribution in [-0.2, 0) is 11.8 Å². The second kappa shape index (κ2) is 7.96. The first kappa shape index (κ1) is 18.5. The van der Waals surface area contributed by atoms with Crippen molar-refractivity contribution in [2.24, 2.45) is 7.05 Å². The van der Waals surface area contributed by atoms with E-state index < -0.39 is 5.54 Å². The number of rotatable bonds is 5. The van der Waals surface area contributed by atoms with Crippen LogP contribution in [-0.4, -0.2) is 26.2 Å². The van der Waals surface area contributed by atoms with Crippen LogP contribution in [0.25, 0.3) is 11.3 Å². The molecule has 136 valence electrons. The molecule has 1 aromatic heterocycles. The van der Waals surface area contributed by atoms with E-state index in [0.29, 0.717) is 0 Å². The fourth-order valence-electron chi connectivity index (χ4n) is 3.35. The van der Waals surface area contributed by atoms with Crippen LogP contribution in [0.1, 0.15) is 39.0 Å². The minimum Gasteiger partial charge on any atom is -0.337 e. The van der Waals surface area contributed by atoms with Gasteiger partial charge < -0.3 is 9.88 Å². The smallest absolute Gasteiger partial charge is 0.234 e. The molecule has 2 aromatic rings. The number of aromatic nitrogens is 2. The summed E-state index contributed by atoms with van der Waals surface area (Å²) in [5.41, 5.74) is 1.42. The van der Waals surface area contributed by atoms with Crippen molar-refractivity contribution in [1.82, 2.24) is 14.9 Å². The van der Waals surface area contributed by atoms with E-state index in [1.807, 2.05) is 55.1 Å². The van der Waals surface area contributed by atoms with Crippen molar-refractivity contribution in [1.29, 1.82) is 5.26 Å². The normalized spacial score (nSPS) is 17.3. The second-order valence-corrected chi connectivity index (χ2v) is 8.16. The van der Waals surface area contributed by atoms with Gasteiger partial charge in [-0.25, -0.2) is 4.98 Å². The number of carbonyl (C=O) groups is 1. The van der Waals surface area contributed by atoms with E-state index in [1.165, 1.54) is 11.8 Å². The van der Waals surface area contributed by atoms with Crippen molar-refractivity contribution in [3.63, 3.8) is 0 Å². The molecule has 0 radical (unpaired) electrons. The lowest BCUT2D eigenvalue weighted by Gasteiger charge is -2.32. The van der Waals surface area contributed by atoms with Crippen LogP contribution in [0, 0.1) is 11.3 Å². The minimum absolute atomic E-state index is 0.0947. The van der Waals surface area contributed by atoms with Crippen LogP contribution in [0.3, 0.4) is 0 Å². The Morgan fingerprint density at radius 1 is 1.31 bits per heavy atom. The molecule has 1 aliphatic carbocycles. The number of amides is 1. The number of hydrogen-bond donors (Lipinski definition) is 1. The quantitative estimate of drug-likeness (QED) is 0.812. The highest BCUT2D eigenvalue weighted by atomic mass is 32.2. The largest absolute Gasteiger partial charge is 0.337 e. The van der Waals surface area contributed by atoms with Crippen LogP contribution in [0.15, 0.2) is 41.7 Å². The maximum atomic E-state index is 12.6. The Bertz CT molecular complexity index is 803. The molecule has 3 rings (SSSR count). The number of thioether (sulfide) groups is 1. The standard InChI is InChI=1S/C20H24N4OS/c1-15(18(25)23-20(14-21)11-7-4-8-12-20)26-19-22-13-17(24(19)2)16-9-5-3-6-10-16/h3,5-6,9-10,13,15H,4,7-8,11-12H2,1-2H3,(H,23,25)/t15-/m1/s1. The highest BCUT2D eigenvalue weighted by Crippen LogP contribution is 2.30. The molecular formula is C20H24N4OS. The van der Waals surface area contributed by atoms with Gasteiger partial charge in [-0.2, -0.15) is 5.26 Å². The van der Waals surface area contributed by atoms with E-state index in [1.54, 1.807) is 0 Å². The zero-order valence-corrected chi connectivity index (χ0v) is 16.1. The summed E-state index contributed by atoms with van der Waals surface area (Å²) in [5, 5.41) is 13.0. The third-order valence-corrected chi connectivity index (χ3v) is 6.11. The molecule has 0 spiro atoms. The summed E-state index contributed by atoms with van der Waals surface area (Å²) in [6.07, 6.45) is 6.45. The molecule has 0 aliphatic heterocycles. The van der Waals surface area contributed by atoms with Gasteiger partial charge in [-0.3, -0.25) is 4.79 Å². The molecule has 1 saturated carbocycles. The van der Waals surface area contributed by atoms with E-state index in [2.05, 4.69) is 16.4 Å². The molecule has 0 saturated heterocycles. The van der Waals surface area contributed by atoms with Crippen molar-refractivity contribution in [3.8, 4) is 17.3 Å². The van der Waals surface area contributed by atoms with E-state index in [-0.39, 0.29) is 11.2 Å². The maximum absolute atomic E-state index is 12.6. The molecule has 26 heavy (non-hydrogen) atoms. The van der Waals surface area contributed by atoms with Crippen LogP contribution in [0.5, 0.6) is 0 Å². The zero-order valence-electron chi connectivity index (χ0n) is 15.2. The molecule has 0 unspecified atom stereocenters. The number of imidazole rings is 1. The Morgan fingerprint density at radius 3 is 2.65 bits per heavy atom. The predicted octanol–water partition coefficient (Wildman–Crippen LogP) is 3.91. The van der Waals surface area contributed by atoms with Crippen molar-refractivity contribution in [2.45, 2.75) is 55.0 Å². The Balaban J connectivity index is 1.68. The molecule has 1 amide bonds. The van der Waals surface area contributed by atoms with Gasteiger partial charge in [0.2, 0.25) is 5.91 Å². The van der Waals surface area contributed by atoms with Crippen molar-refractivity contribution >= 4 is 17.7 Å².